The minimum Gasteiger partial charge on any atom is -0.383 e. The maximum absolute atomic E-state index is 12.6. The highest BCUT2D eigenvalue weighted by atomic mass is 16.5. The van der Waals surface area contributed by atoms with Crippen molar-refractivity contribution < 1.29 is 9.53 Å². The van der Waals surface area contributed by atoms with Crippen LogP contribution in [0.2, 0.25) is 0 Å². The number of methoxy groups -OCH3 is 1. The van der Waals surface area contributed by atoms with Gasteiger partial charge in [0, 0.05) is 25.8 Å². The van der Waals surface area contributed by atoms with Crippen molar-refractivity contribution in [2.45, 2.75) is 6.92 Å². The van der Waals surface area contributed by atoms with Gasteiger partial charge in [-0.05, 0) is 42.3 Å². The number of nitrogens with one attached hydrogen (secondary N) is 1. The van der Waals surface area contributed by atoms with Gasteiger partial charge >= 0.3 is 0 Å². The molecule has 0 aliphatic heterocycles. The molecule has 0 bridgehead atoms. The molecule has 3 aromatic rings. The molecule has 2 aromatic carbocycles. The summed E-state index contributed by atoms with van der Waals surface area (Å²) in [4.78, 5) is 33.0. The van der Waals surface area contributed by atoms with Crippen molar-refractivity contribution in [2.75, 3.05) is 26.8 Å². The Morgan fingerprint density at radius 1 is 1.15 bits per heavy atom. The van der Waals surface area contributed by atoms with Gasteiger partial charge in [0.1, 0.15) is 0 Å². The first-order valence-electron chi connectivity index (χ1n) is 8.50. The van der Waals surface area contributed by atoms with Crippen LogP contribution in [0.5, 0.6) is 0 Å². The molecule has 0 saturated heterocycles. The fraction of sp³-hybridized carbons (Fsp3) is 0.250. The van der Waals surface area contributed by atoms with E-state index in [0.29, 0.717) is 36.2 Å². The van der Waals surface area contributed by atoms with E-state index in [9.17, 15) is 9.59 Å². The van der Waals surface area contributed by atoms with E-state index in [0.717, 1.165) is 11.1 Å². The molecule has 0 radical (unpaired) electrons. The van der Waals surface area contributed by atoms with E-state index in [2.05, 4.69) is 9.97 Å². The van der Waals surface area contributed by atoms with Crippen LogP contribution in [0.3, 0.4) is 0 Å². The van der Waals surface area contributed by atoms with E-state index < -0.39 is 0 Å². The smallest absolute Gasteiger partial charge is 0.258 e. The Morgan fingerprint density at radius 2 is 1.88 bits per heavy atom. The Hall–Kier alpha value is -2.99. The molecule has 1 aromatic heterocycles. The molecule has 0 saturated carbocycles. The van der Waals surface area contributed by atoms with Gasteiger partial charge in [0.25, 0.3) is 11.5 Å². The highest BCUT2D eigenvalue weighted by molar-refractivity contribution is 5.95. The lowest BCUT2D eigenvalue weighted by Gasteiger charge is -2.20. The van der Waals surface area contributed by atoms with Crippen molar-refractivity contribution in [1.29, 1.82) is 0 Å². The van der Waals surface area contributed by atoms with Gasteiger partial charge < -0.3 is 14.6 Å². The maximum Gasteiger partial charge on any atom is 0.258 e. The minimum absolute atomic E-state index is 0.0183. The van der Waals surface area contributed by atoms with Gasteiger partial charge in [-0.25, -0.2) is 4.98 Å². The number of rotatable bonds is 6. The first-order chi connectivity index (χ1) is 12.6. The molecule has 3 rings (SSSR count). The second-order valence-electron chi connectivity index (χ2n) is 5.92. The predicted molar refractivity (Wildman–Crippen MR) is 101 cm³/mol. The van der Waals surface area contributed by atoms with Crippen LogP contribution in [0, 0.1) is 0 Å². The number of carbonyl (C=O) groups excluding carboxylic acids is 1. The molecule has 0 unspecified atom stereocenters. The third kappa shape index (κ3) is 3.65. The van der Waals surface area contributed by atoms with Gasteiger partial charge in [0.15, 0.2) is 0 Å². The molecule has 1 N–H and O–H groups in total. The van der Waals surface area contributed by atoms with Gasteiger partial charge in [-0.15, -0.1) is 0 Å². The molecular formula is C20H21N3O3. The molecule has 26 heavy (non-hydrogen) atoms. The van der Waals surface area contributed by atoms with Crippen molar-refractivity contribution in [3.8, 4) is 11.1 Å². The Labute approximate surface area is 151 Å². The first kappa shape index (κ1) is 17.8. The normalized spacial score (nSPS) is 10.8. The van der Waals surface area contributed by atoms with Crippen molar-refractivity contribution in [3.63, 3.8) is 0 Å². The maximum atomic E-state index is 12.6. The summed E-state index contributed by atoms with van der Waals surface area (Å²) in [7, 11) is 1.62. The molecule has 134 valence electrons. The van der Waals surface area contributed by atoms with Crippen molar-refractivity contribution in [3.05, 3.63) is 64.7 Å². The Balaban J connectivity index is 1.86. The molecule has 0 fully saturated rings. The molecule has 1 amide bonds. The molecule has 0 aliphatic carbocycles. The number of aromatic amines is 1. The summed E-state index contributed by atoms with van der Waals surface area (Å²) in [6, 6.07) is 13.0. The third-order valence-corrected chi connectivity index (χ3v) is 4.34. The number of hydrogen-bond acceptors (Lipinski definition) is 4. The first-order valence-corrected chi connectivity index (χ1v) is 8.50. The number of likely N-dealkylation sites (N-methyl/N-ethyl adjacent to an activating group) is 1. The molecule has 1 heterocycles. The second-order valence-corrected chi connectivity index (χ2v) is 5.92. The van der Waals surface area contributed by atoms with Gasteiger partial charge in [-0.3, -0.25) is 9.59 Å². The minimum atomic E-state index is -0.166. The number of benzene rings is 2. The molecule has 6 heteroatoms. The topological polar surface area (TPSA) is 75.3 Å². The molecule has 0 spiro atoms. The fourth-order valence-electron chi connectivity index (χ4n) is 2.84. The van der Waals surface area contributed by atoms with Crippen LogP contribution in [0.15, 0.2) is 53.6 Å². The predicted octanol–water partition coefficient (Wildman–Crippen LogP) is 2.70. The van der Waals surface area contributed by atoms with Crippen molar-refractivity contribution in [2.24, 2.45) is 0 Å². The highest BCUT2D eigenvalue weighted by Gasteiger charge is 2.14. The lowest BCUT2D eigenvalue weighted by atomic mass is 10.0. The number of H-pyrrole nitrogens is 1. The average molecular weight is 351 g/mol. The zero-order valence-corrected chi connectivity index (χ0v) is 14.9. The molecule has 0 atom stereocenters. The van der Waals surface area contributed by atoms with E-state index in [1.165, 1.54) is 6.33 Å². The second kappa shape index (κ2) is 7.93. The summed E-state index contributed by atoms with van der Waals surface area (Å²) in [5.41, 5.74) is 2.96. The largest absolute Gasteiger partial charge is 0.383 e. The Kier molecular flexibility index (Phi) is 5.43. The number of amides is 1. The summed E-state index contributed by atoms with van der Waals surface area (Å²) in [6.45, 7) is 3.65. The number of fused-ring (bicyclic) bond motifs is 1. The van der Waals surface area contributed by atoms with Crippen molar-refractivity contribution in [1.82, 2.24) is 14.9 Å². The van der Waals surface area contributed by atoms with E-state index in [-0.39, 0.29) is 11.5 Å². The molecule has 6 nitrogen and oxygen atoms in total. The number of ether oxygens (including phenoxy) is 1. The summed E-state index contributed by atoms with van der Waals surface area (Å²) in [6.07, 6.45) is 1.40. The number of hydrogen-bond donors (Lipinski definition) is 1. The van der Waals surface area contributed by atoms with Crippen LogP contribution in [0.4, 0.5) is 0 Å². The van der Waals surface area contributed by atoms with E-state index in [4.69, 9.17) is 4.74 Å². The SMILES string of the molecule is CCN(CCOC)C(=O)c1ccc(-c2ccc3nc[nH]c(=O)c3c2)cc1. The Morgan fingerprint density at radius 3 is 2.58 bits per heavy atom. The average Bonchev–Trinajstić information content (AvgIpc) is 2.68. The summed E-state index contributed by atoms with van der Waals surface area (Å²) in [5.74, 6) is -0.0183. The van der Waals surface area contributed by atoms with Crippen LogP contribution in [0.1, 0.15) is 17.3 Å². The van der Waals surface area contributed by atoms with E-state index in [1.807, 2.05) is 49.4 Å². The zero-order chi connectivity index (χ0) is 18.5. The zero-order valence-electron chi connectivity index (χ0n) is 14.9. The van der Waals surface area contributed by atoms with Crippen LogP contribution >= 0.6 is 0 Å². The Bertz CT molecular complexity index is 964. The van der Waals surface area contributed by atoms with Crippen LogP contribution < -0.4 is 5.56 Å². The quantitative estimate of drug-likeness (QED) is 0.741. The monoisotopic (exact) mass is 351 g/mol. The number of aromatic nitrogens is 2. The number of nitrogens with zero attached hydrogens (tertiary/aromatic N) is 2. The summed E-state index contributed by atoms with van der Waals surface area (Å²) in [5, 5.41) is 0.543. The van der Waals surface area contributed by atoms with Gasteiger partial charge in [0.2, 0.25) is 0 Å². The number of carbonyl (C=O) groups is 1. The van der Waals surface area contributed by atoms with Crippen molar-refractivity contribution >= 4 is 16.8 Å². The van der Waals surface area contributed by atoms with Gasteiger partial charge in [0.05, 0.1) is 23.8 Å². The van der Waals surface area contributed by atoms with Crippen LogP contribution in [-0.4, -0.2) is 47.6 Å². The lowest BCUT2D eigenvalue weighted by Crippen LogP contribution is -2.33. The van der Waals surface area contributed by atoms with Gasteiger partial charge in [-0.1, -0.05) is 18.2 Å². The lowest BCUT2D eigenvalue weighted by molar-refractivity contribution is 0.0706. The third-order valence-electron chi connectivity index (χ3n) is 4.34. The summed E-state index contributed by atoms with van der Waals surface area (Å²) < 4.78 is 5.05. The van der Waals surface area contributed by atoms with Crippen LogP contribution in [0.25, 0.3) is 22.0 Å². The standard InChI is InChI=1S/C20H21N3O3/c1-3-23(10-11-26-2)20(25)15-6-4-14(5-7-15)16-8-9-18-17(12-16)19(24)22-13-21-18/h4-9,12-13H,3,10-11H2,1-2H3,(H,21,22,24). The van der Waals surface area contributed by atoms with Crippen LogP contribution in [-0.2, 0) is 4.74 Å². The van der Waals surface area contributed by atoms with E-state index in [1.54, 1.807) is 12.0 Å². The summed E-state index contributed by atoms with van der Waals surface area (Å²) >= 11 is 0. The molecular weight excluding hydrogens is 330 g/mol. The fourth-order valence-corrected chi connectivity index (χ4v) is 2.84. The highest BCUT2D eigenvalue weighted by Crippen LogP contribution is 2.22. The molecule has 0 aliphatic rings. The van der Waals surface area contributed by atoms with E-state index >= 15 is 0 Å². The van der Waals surface area contributed by atoms with Gasteiger partial charge in [-0.2, -0.15) is 0 Å².